The number of rotatable bonds is 6. The molecule has 0 saturated carbocycles. The van der Waals surface area contributed by atoms with Crippen molar-refractivity contribution in [3.63, 3.8) is 0 Å². The van der Waals surface area contributed by atoms with E-state index in [1.165, 1.54) is 12.5 Å². The first-order valence-corrected chi connectivity index (χ1v) is 8.71. The van der Waals surface area contributed by atoms with Crippen LogP contribution >= 0.6 is 11.6 Å². The van der Waals surface area contributed by atoms with Gasteiger partial charge in [-0.2, -0.15) is 0 Å². The lowest BCUT2D eigenvalue weighted by atomic mass is 10.1. The minimum absolute atomic E-state index is 0.0871. The fraction of sp³-hybridized carbons (Fsp3) is 0.300. The zero-order valence-electron chi connectivity index (χ0n) is 14.8. The Morgan fingerprint density at radius 3 is 2.40 bits per heavy atom. The summed E-state index contributed by atoms with van der Waals surface area (Å²) in [4.78, 5) is 25.8. The van der Waals surface area contributed by atoms with Gasteiger partial charge in [0.2, 0.25) is 11.8 Å². The Morgan fingerprint density at radius 1 is 1.12 bits per heavy atom. The molecular formula is C20H23ClN2O2. The molecule has 5 heteroatoms. The van der Waals surface area contributed by atoms with Crippen LogP contribution in [0.15, 0.2) is 42.5 Å². The number of hydrogen-bond acceptors (Lipinski definition) is 2. The van der Waals surface area contributed by atoms with E-state index in [0.29, 0.717) is 17.3 Å². The number of aryl methyl sites for hydroxylation is 2. The Labute approximate surface area is 153 Å². The summed E-state index contributed by atoms with van der Waals surface area (Å²) in [7, 11) is 0. The van der Waals surface area contributed by atoms with Crippen molar-refractivity contribution >= 4 is 34.8 Å². The first-order chi connectivity index (χ1) is 11.9. The summed E-state index contributed by atoms with van der Waals surface area (Å²) < 4.78 is 0. The second-order valence-corrected chi connectivity index (χ2v) is 6.38. The maximum Gasteiger partial charge on any atom is 0.226 e. The van der Waals surface area contributed by atoms with E-state index in [-0.39, 0.29) is 18.2 Å². The minimum atomic E-state index is -0.151. The SMILES string of the molecule is CCc1ccc(N(CCC(=O)Nc2cc(Cl)ccc2C)C(C)=O)cc1. The molecule has 2 aromatic rings. The molecule has 0 heterocycles. The fourth-order valence-electron chi connectivity index (χ4n) is 2.53. The topological polar surface area (TPSA) is 49.4 Å². The summed E-state index contributed by atoms with van der Waals surface area (Å²) in [6.45, 7) is 5.82. The van der Waals surface area contributed by atoms with Crippen molar-refractivity contribution in [1.29, 1.82) is 0 Å². The molecule has 2 amide bonds. The van der Waals surface area contributed by atoms with Gasteiger partial charge in [0, 0.05) is 36.3 Å². The number of nitrogens with zero attached hydrogens (tertiary/aromatic N) is 1. The van der Waals surface area contributed by atoms with Crippen LogP contribution in [0.4, 0.5) is 11.4 Å². The summed E-state index contributed by atoms with van der Waals surface area (Å²) in [5, 5.41) is 3.43. The zero-order valence-corrected chi connectivity index (χ0v) is 15.6. The van der Waals surface area contributed by atoms with Crippen molar-refractivity contribution in [3.8, 4) is 0 Å². The van der Waals surface area contributed by atoms with E-state index in [9.17, 15) is 9.59 Å². The predicted octanol–water partition coefficient (Wildman–Crippen LogP) is 4.59. The number of nitrogens with one attached hydrogen (secondary N) is 1. The molecule has 4 nitrogen and oxygen atoms in total. The van der Waals surface area contributed by atoms with Crippen LogP contribution in [-0.4, -0.2) is 18.4 Å². The third-order valence-electron chi connectivity index (χ3n) is 4.07. The van der Waals surface area contributed by atoms with E-state index in [2.05, 4.69) is 12.2 Å². The van der Waals surface area contributed by atoms with Crippen LogP contribution < -0.4 is 10.2 Å². The smallest absolute Gasteiger partial charge is 0.226 e. The number of halogens is 1. The molecule has 0 unspecified atom stereocenters. The molecule has 0 fully saturated rings. The average molecular weight is 359 g/mol. The highest BCUT2D eigenvalue weighted by Crippen LogP contribution is 2.21. The van der Waals surface area contributed by atoms with Gasteiger partial charge in [0.15, 0.2) is 0 Å². The Hall–Kier alpha value is -2.33. The fourth-order valence-corrected chi connectivity index (χ4v) is 2.71. The van der Waals surface area contributed by atoms with Gasteiger partial charge in [0.1, 0.15) is 0 Å². The summed E-state index contributed by atoms with van der Waals surface area (Å²) in [6.07, 6.45) is 1.16. The number of carbonyl (C=O) groups is 2. The number of carbonyl (C=O) groups excluding carboxylic acids is 2. The van der Waals surface area contributed by atoms with Gasteiger partial charge < -0.3 is 10.2 Å². The normalized spacial score (nSPS) is 10.4. The molecule has 0 spiro atoms. The third kappa shape index (κ3) is 5.33. The lowest BCUT2D eigenvalue weighted by Gasteiger charge is -2.21. The van der Waals surface area contributed by atoms with Crippen LogP contribution in [0.5, 0.6) is 0 Å². The number of anilines is 2. The van der Waals surface area contributed by atoms with E-state index in [1.54, 1.807) is 17.0 Å². The third-order valence-corrected chi connectivity index (χ3v) is 4.31. The molecule has 132 valence electrons. The molecule has 2 aromatic carbocycles. The van der Waals surface area contributed by atoms with Gasteiger partial charge in [-0.25, -0.2) is 0 Å². The Balaban J connectivity index is 2.01. The van der Waals surface area contributed by atoms with Crippen molar-refractivity contribution in [1.82, 2.24) is 0 Å². The summed E-state index contributed by atoms with van der Waals surface area (Å²) in [5.41, 5.74) is 3.65. The quantitative estimate of drug-likeness (QED) is 0.820. The number of amides is 2. The largest absolute Gasteiger partial charge is 0.326 e. The minimum Gasteiger partial charge on any atom is -0.326 e. The van der Waals surface area contributed by atoms with Gasteiger partial charge >= 0.3 is 0 Å². The average Bonchev–Trinajstić information content (AvgIpc) is 2.58. The molecule has 0 atom stereocenters. The van der Waals surface area contributed by atoms with Gasteiger partial charge in [-0.1, -0.05) is 36.7 Å². The maximum absolute atomic E-state index is 12.2. The molecule has 0 aromatic heterocycles. The highest BCUT2D eigenvalue weighted by molar-refractivity contribution is 6.31. The lowest BCUT2D eigenvalue weighted by Crippen LogP contribution is -2.32. The molecule has 0 aliphatic carbocycles. The lowest BCUT2D eigenvalue weighted by molar-refractivity contribution is -0.117. The molecule has 0 aliphatic rings. The molecule has 25 heavy (non-hydrogen) atoms. The second kappa shape index (κ2) is 8.67. The summed E-state index contributed by atoms with van der Waals surface area (Å²) >= 11 is 5.97. The number of benzene rings is 2. The van der Waals surface area contributed by atoms with E-state index in [4.69, 9.17) is 11.6 Å². The summed E-state index contributed by atoms with van der Waals surface area (Å²) in [6, 6.07) is 13.2. The van der Waals surface area contributed by atoms with Crippen LogP contribution in [0.1, 0.15) is 31.4 Å². The van der Waals surface area contributed by atoms with Crippen molar-refractivity contribution in [2.24, 2.45) is 0 Å². The Bertz CT molecular complexity index is 757. The Kier molecular flexibility index (Phi) is 6.59. The van der Waals surface area contributed by atoms with Crippen LogP contribution in [0, 0.1) is 6.92 Å². The molecule has 1 N–H and O–H groups in total. The van der Waals surface area contributed by atoms with Crippen molar-refractivity contribution in [3.05, 3.63) is 58.6 Å². The van der Waals surface area contributed by atoms with Gasteiger partial charge in [-0.3, -0.25) is 9.59 Å². The first-order valence-electron chi connectivity index (χ1n) is 8.33. The first kappa shape index (κ1) is 19.0. The summed E-state index contributed by atoms with van der Waals surface area (Å²) in [5.74, 6) is -0.238. The van der Waals surface area contributed by atoms with E-state index in [1.807, 2.05) is 37.3 Å². The van der Waals surface area contributed by atoms with Gasteiger partial charge in [0.05, 0.1) is 0 Å². The molecule has 0 radical (unpaired) electrons. The number of hydrogen-bond donors (Lipinski definition) is 1. The highest BCUT2D eigenvalue weighted by Gasteiger charge is 2.14. The van der Waals surface area contributed by atoms with Crippen molar-refractivity contribution in [2.45, 2.75) is 33.6 Å². The van der Waals surface area contributed by atoms with Crippen LogP contribution in [0.25, 0.3) is 0 Å². The van der Waals surface area contributed by atoms with Crippen LogP contribution in [0.2, 0.25) is 5.02 Å². The van der Waals surface area contributed by atoms with Crippen molar-refractivity contribution < 1.29 is 9.59 Å². The zero-order chi connectivity index (χ0) is 18.4. The standard InChI is InChI=1S/C20H23ClN2O2/c1-4-16-6-9-18(10-7-16)23(15(3)24)12-11-20(25)22-19-13-17(21)8-5-14(19)2/h5-10,13H,4,11-12H2,1-3H3,(H,22,25). The molecule has 0 saturated heterocycles. The monoisotopic (exact) mass is 358 g/mol. The van der Waals surface area contributed by atoms with Crippen molar-refractivity contribution in [2.75, 3.05) is 16.8 Å². The Morgan fingerprint density at radius 2 is 1.80 bits per heavy atom. The van der Waals surface area contributed by atoms with Gasteiger partial charge in [0.25, 0.3) is 0 Å². The molecular weight excluding hydrogens is 336 g/mol. The second-order valence-electron chi connectivity index (χ2n) is 5.95. The molecule has 0 aliphatic heterocycles. The predicted molar refractivity (Wildman–Crippen MR) is 103 cm³/mol. The van der Waals surface area contributed by atoms with Crippen LogP contribution in [-0.2, 0) is 16.0 Å². The van der Waals surface area contributed by atoms with E-state index >= 15 is 0 Å². The highest BCUT2D eigenvalue weighted by atomic mass is 35.5. The van der Waals surface area contributed by atoms with Gasteiger partial charge in [-0.15, -0.1) is 0 Å². The van der Waals surface area contributed by atoms with E-state index < -0.39 is 0 Å². The maximum atomic E-state index is 12.2. The van der Waals surface area contributed by atoms with E-state index in [0.717, 1.165) is 17.7 Å². The van der Waals surface area contributed by atoms with Gasteiger partial charge in [-0.05, 0) is 48.7 Å². The molecule has 0 bridgehead atoms. The molecule has 2 rings (SSSR count). The van der Waals surface area contributed by atoms with Crippen LogP contribution in [0.3, 0.4) is 0 Å².